The van der Waals surface area contributed by atoms with E-state index in [-0.39, 0.29) is 141 Å². The molecule has 4 unspecified atom stereocenters. The van der Waals surface area contributed by atoms with Crippen LogP contribution in [-0.4, -0.2) is 210 Å². The summed E-state index contributed by atoms with van der Waals surface area (Å²) < 4.78 is 108. The summed E-state index contributed by atoms with van der Waals surface area (Å²) in [5.74, 6) is -5.78. The highest BCUT2D eigenvalue weighted by molar-refractivity contribution is 5.89. The van der Waals surface area contributed by atoms with Gasteiger partial charge in [-0.15, -0.1) is 26.3 Å². The number of ether oxygens (including phenoxy) is 6. The number of alkyl halides is 6. The molecule has 0 saturated carbocycles. The smallest absolute Gasteiger partial charge is 0.481 e. The highest BCUT2D eigenvalue weighted by Crippen LogP contribution is 2.29. The number of urea groups is 2. The number of carboxylic acids is 2. The van der Waals surface area contributed by atoms with Gasteiger partial charge in [0.05, 0.1) is 77.8 Å². The largest absolute Gasteiger partial charge is 0.573 e. The average molecular weight is 1570 g/mol. The number of unbranched alkanes of at least 4 members (excludes halogenated alkanes) is 3. The van der Waals surface area contributed by atoms with Crippen LogP contribution in [0, 0.1) is 13.8 Å². The fourth-order valence-corrected chi connectivity index (χ4v) is 10.3. The Morgan fingerprint density at radius 2 is 0.764 bits per heavy atom. The number of hydrogen-bond acceptors (Lipinski definition) is 20. The molecule has 4 rings (SSSR count). The topological polar surface area (TPSA) is 437 Å². The Morgan fingerprint density at radius 1 is 0.400 bits per heavy atom. The van der Waals surface area contributed by atoms with Crippen LogP contribution in [0.5, 0.6) is 11.5 Å². The third kappa shape index (κ3) is 44.8. The summed E-state index contributed by atoms with van der Waals surface area (Å²) in [5, 5.41) is 52.2. The Hall–Kier alpha value is -10.3. The van der Waals surface area contributed by atoms with Gasteiger partial charge >= 0.3 is 36.7 Å². The highest BCUT2D eigenvalue weighted by Gasteiger charge is 2.34. The lowest BCUT2D eigenvalue weighted by molar-refractivity contribution is -0.275. The molecule has 0 spiro atoms. The van der Waals surface area contributed by atoms with Crippen LogP contribution in [0.2, 0.25) is 0 Å². The van der Waals surface area contributed by atoms with E-state index in [1.165, 1.54) is 24.3 Å². The van der Waals surface area contributed by atoms with Gasteiger partial charge in [-0.1, -0.05) is 24.3 Å². The molecule has 110 heavy (non-hydrogen) atoms. The minimum atomic E-state index is -5.02. The number of amides is 10. The zero-order valence-electron chi connectivity index (χ0n) is 61.6. The molecular formula is C72H102F6N14O18. The molecule has 14 N–H and O–H groups in total. The molecule has 32 nitrogen and oxygen atoms in total. The van der Waals surface area contributed by atoms with E-state index in [0.717, 1.165) is 35.4 Å². The fraction of sp³-hybridized carbons (Fsp3) is 0.556. The summed E-state index contributed by atoms with van der Waals surface area (Å²) in [6.07, 6.45) is -4.58. The van der Waals surface area contributed by atoms with Crippen molar-refractivity contribution in [3.8, 4) is 11.5 Å². The predicted octanol–water partition coefficient (Wildman–Crippen LogP) is 6.41. The van der Waals surface area contributed by atoms with E-state index < -0.39 is 109 Å². The first-order valence-electron chi connectivity index (χ1n) is 36.1. The van der Waals surface area contributed by atoms with Crippen molar-refractivity contribution in [2.45, 2.75) is 153 Å². The van der Waals surface area contributed by atoms with E-state index in [9.17, 15) is 84.5 Å². The predicted molar refractivity (Wildman–Crippen MR) is 388 cm³/mol. The number of pyridine rings is 2. The van der Waals surface area contributed by atoms with E-state index in [2.05, 4.69) is 83.2 Å². The van der Waals surface area contributed by atoms with Gasteiger partial charge < -0.3 is 102 Å². The molecule has 0 aliphatic carbocycles. The molecule has 0 fully saturated rings. The maximum absolute atomic E-state index is 13.7. The number of aliphatic carboxylic acids is 2. The summed E-state index contributed by atoms with van der Waals surface area (Å²) in [5.41, 5.74) is 2.03. The van der Waals surface area contributed by atoms with Crippen molar-refractivity contribution < 1.29 is 113 Å². The normalized spacial score (nSPS) is 12.3. The van der Waals surface area contributed by atoms with Crippen LogP contribution < -0.4 is 73.3 Å². The summed E-state index contributed by atoms with van der Waals surface area (Å²) >= 11 is 0. The second kappa shape index (κ2) is 52.7. The number of nitrogens with one attached hydrogen (secondary N) is 12. The van der Waals surface area contributed by atoms with Crippen molar-refractivity contribution in [2.24, 2.45) is 0 Å². The molecule has 0 bridgehead atoms. The first kappa shape index (κ1) is 92.0. The molecule has 2 aromatic heterocycles. The average Bonchev–Trinajstić information content (AvgIpc) is 0.851. The molecule has 4 aromatic rings. The minimum Gasteiger partial charge on any atom is -0.481 e. The minimum absolute atomic E-state index is 0.0140. The number of aromatic nitrogens is 2. The van der Waals surface area contributed by atoms with Crippen LogP contribution >= 0.6 is 0 Å². The van der Waals surface area contributed by atoms with Gasteiger partial charge in [-0.2, -0.15) is 0 Å². The van der Waals surface area contributed by atoms with Gasteiger partial charge in [0.15, 0.2) is 0 Å². The summed E-state index contributed by atoms with van der Waals surface area (Å²) in [6, 6.07) is 10.8. The molecular weight excluding hydrogens is 1460 g/mol. The Labute approximate surface area is 633 Å². The van der Waals surface area contributed by atoms with Crippen molar-refractivity contribution in [1.29, 1.82) is 0 Å². The number of aryl methyl sites for hydroxylation is 2. The van der Waals surface area contributed by atoms with E-state index in [1.807, 2.05) is 38.1 Å². The highest BCUT2D eigenvalue weighted by atomic mass is 19.4. The number of anilines is 2. The lowest BCUT2D eigenvalue weighted by Crippen LogP contribution is -2.48. The van der Waals surface area contributed by atoms with Gasteiger partial charge in [0.1, 0.15) is 35.2 Å². The Kier molecular flexibility index (Phi) is 44.1. The summed E-state index contributed by atoms with van der Waals surface area (Å²) in [7, 11) is 0. The number of rotatable bonds is 57. The first-order chi connectivity index (χ1) is 52.6. The number of carbonyl (C=O) groups is 10. The number of benzene rings is 2. The second-order valence-electron chi connectivity index (χ2n) is 25.0. The van der Waals surface area contributed by atoms with Gasteiger partial charge in [-0.05, 0) is 149 Å². The zero-order chi connectivity index (χ0) is 80.4. The fourth-order valence-electron chi connectivity index (χ4n) is 10.3. The second-order valence-corrected chi connectivity index (χ2v) is 25.0. The van der Waals surface area contributed by atoms with Crippen molar-refractivity contribution in [3.05, 3.63) is 107 Å². The van der Waals surface area contributed by atoms with Crippen LogP contribution in [0.25, 0.3) is 0 Å². The van der Waals surface area contributed by atoms with Crippen molar-refractivity contribution in [3.63, 3.8) is 0 Å². The number of nitrogens with zero attached hydrogens (tertiary/aromatic N) is 2. The van der Waals surface area contributed by atoms with Crippen molar-refractivity contribution >= 4 is 71.1 Å². The molecule has 610 valence electrons. The lowest BCUT2D eigenvalue weighted by atomic mass is 10.0. The van der Waals surface area contributed by atoms with E-state index >= 15 is 0 Å². The quantitative estimate of drug-likeness (QED) is 0.0168. The third-order valence-electron chi connectivity index (χ3n) is 15.7. The van der Waals surface area contributed by atoms with E-state index in [1.54, 1.807) is 12.4 Å². The first-order valence-corrected chi connectivity index (χ1v) is 36.1. The zero-order valence-corrected chi connectivity index (χ0v) is 61.6. The van der Waals surface area contributed by atoms with E-state index in [0.29, 0.717) is 89.2 Å². The van der Waals surface area contributed by atoms with Crippen molar-refractivity contribution in [1.82, 2.24) is 63.1 Å². The summed E-state index contributed by atoms with van der Waals surface area (Å²) in [6.45, 7) is 7.44. The number of halogens is 6. The molecule has 0 aliphatic rings. The molecule has 0 radical (unpaired) electrons. The molecule has 4 atom stereocenters. The maximum atomic E-state index is 13.7. The molecule has 10 amide bonds. The molecule has 0 saturated heterocycles. The Morgan fingerprint density at radius 3 is 1.14 bits per heavy atom. The van der Waals surface area contributed by atoms with Crippen LogP contribution in [0.4, 0.5) is 47.6 Å². The van der Waals surface area contributed by atoms with Crippen LogP contribution in [0.3, 0.4) is 0 Å². The lowest BCUT2D eigenvalue weighted by Gasteiger charge is -2.24. The van der Waals surface area contributed by atoms with Gasteiger partial charge in [-0.3, -0.25) is 38.4 Å². The van der Waals surface area contributed by atoms with Crippen molar-refractivity contribution in [2.75, 3.05) is 116 Å². The van der Waals surface area contributed by atoms with Gasteiger partial charge in [0.25, 0.3) is 0 Å². The maximum Gasteiger partial charge on any atom is 0.573 e. The molecule has 0 aliphatic heterocycles. The van der Waals surface area contributed by atoms with Gasteiger partial charge in [0, 0.05) is 90.4 Å². The number of hydrogen-bond donors (Lipinski definition) is 14. The molecule has 38 heteroatoms. The third-order valence-corrected chi connectivity index (χ3v) is 15.7. The monoisotopic (exact) mass is 1560 g/mol. The van der Waals surface area contributed by atoms with Crippen LogP contribution in [0.1, 0.15) is 137 Å². The van der Waals surface area contributed by atoms with Crippen LogP contribution in [-0.2, 0) is 57.3 Å². The number of carbonyl (C=O) groups excluding carboxylic acids is 8. The van der Waals surface area contributed by atoms with E-state index in [4.69, 9.17) is 18.9 Å². The molecule has 2 heterocycles. The Balaban J connectivity index is 0.980. The molecule has 2 aromatic carbocycles. The van der Waals surface area contributed by atoms with Gasteiger partial charge in [0.2, 0.25) is 35.4 Å². The van der Waals surface area contributed by atoms with Crippen LogP contribution in [0.15, 0.2) is 85.2 Å². The standard InChI is InChI=1S/C72H102F6N14O18/c1-49-21-31-81-59(43-49)79-29-11-19-63(95)89-55(67(101)91-57(47-65(97)98)51-13-9-15-53(45-51)109-71(73,74)75)17-3-5-25-83-61(93)23-35-105-39-41-107-37-33-87-69(103)85-27-7-8-28-86-70(104)88-34-38-108-42-40-106-36-24-62(94)84-26-6-4-18-56(90-64(96)20-12-30-80-60-44-50(2)22-32-82-60)68(102)92-58(48-66(99)100)52-14-10-16-54(46-52)110-72(76,77)78/h9-10,13-16,21-22,31-32,43-46,55-58H,3-8,11-12,17-20,23-30,33-42,47-48H2,1-2H3,(H,79,81)(H,80,82)(H,83,93)(H,84,94)(H,89,95)(H,90,96)(H,91,101)(H,92,102)(H,97,98)(H,99,100)(H2,85,87,103)(H2,86,88,104). The SMILES string of the molecule is Cc1ccnc(NCCCC(=O)NC(CCCCNC(=O)CCOCCOCCNC(=O)NCCCCNC(=O)NCCOCCOCCC(=O)NCCCCC(NC(=O)CCCNc2cc(C)ccn2)C(=O)NC(CC(=O)O)c2cccc(OC(F)(F)F)c2)C(=O)NC(CC(=O)O)c2cccc(OC(F)(F)F)c2)c1. The Bertz CT molecular complexity index is 3260. The number of carboxylic acid groups (broad SMARTS) is 2. The van der Waals surface area contributed by atoms with Gasteiger partial charge in [-0.25, -0.2) is 19.6 Å². The summed E-state index contributed by atoms with van der Waals surface area (Å²) in [4.78, 5) is 135.